The Bertz CT molecular complexity index is 489. The molecule has 0 atom stereocenters. The summed E-state index contributed by atoms with van der Waals surface area (Å²) in [5.41, 5.74) is 2.61. The van der Waals surface area contributed by atoms with Crippen LogP contribution in [0.15, 0.2) is 60.7 Å². The van der Waals surface area contributed by atoms with E-state index in [9.17, 15) is 0 Å². The average molecular weight is 284 g/mol. The maximum absolute atomic E-state index is 5.78. The van der Waals surface area contributed by atoms with Crippen LogP contribution >= 0.6 is 0 Å². The lowest BCUT2D eigenvalue weighted by Crippen LogP contribution is -2.45. The zero-order valence-electron chi connectivity index (χ0n) is 12.9. The van der Waals surface area contributed by atoms with E-state index in [0.717, 1.165) is 17.1 Å². The fourth-order valence-electron chi connectivity index (χ4n) is 3.08. The van der Waals surface area contributed by atoms with Crippen LogP contribution in [-0.2, 0) is 9.84 Å². The Labute approximate surface area is 125 Å². The lowest BCUT2D eigenvalue weighted by Gasteiger charge is -2.46. The summed E-state index contributed by atoms with van der Waals surface area (Å²) >= 11 is 0. The van der Waals surface area contributed by atoms with Crippen molar-refractivity contribution in [2.24, 2.45) is 5.41 Å². The number of hydrogen-bond donors (Lipinski definition) is 0. The summed E-state index contributed by atoms with van der Waals surface area (Å²) in [5.74, 6) is 0. The molecule has 0 aromatic heterocycles. The first-order valence-electron chi connectivity index (χ1n) is 7.12. The molecule has 0 bridgehead atoms. The van der Waals surface area contributed by atoms with Crippen molar-refractivity contribution in [3.05, 3.63) is 71.8 Å². The van der Waals surface area contributed by atoms with Crippen LogP contribution in [0.5, 0.6) is 0 Å². The predicted molar refractivity (Wildman–Crippen MR) is 89.0 cm³/mol. The molecule has 2 aromatic rings. The summed E-state index contributed by atoms with van der Waals surface area (Å²) in [6, 6.07) is 21.5. The summed E-state index contributed by atoms with van der Waals surface area (Å²) in [5, 5.41) is 0. The molecule has 0 aliphatic rings. The molecule has 1 nitrogen and oxygen atoms in total. The van der Waals surface area contributed by atoms with Crippen molar-refractivity contribution in [1.82, 2.24) is 0 Å². The number of benzene rings is 2. The van der Waals surface area contributed by atoms with E-state index in [4.69, 9.17) is 4.43 Å². The zero-order valence-corrected chi connectivity index (χ0v) is 14.9. The van der Waals surface area contributed by atoms with Crippen LogP contribution in [-0.4, -0.2) is 17.1 Å². The van der Waals surface area contributed by atoms with Gasteiger partial charge in [-0.2, -0.15) is 0 Å². The third-order valence-electron chi connectivity index (χ3n) is 4.17. The van der Waals surface area contributed by atoms with Crippen LogP contribution in [0.2, 0.25) is 0 Å². The second-order valence-electron chi connectivity index (χ2n) is 6.32. The lowest BCUT2D eigenvalue weighted by atomic mass is 9.59. The first-order chi connectivity index (χ1) is 9.52. The molecule has 20 heavy (non-hydrogen) atoms. The molecule has 0 radical (unpaired) electrons. The highest BCUT2D eigenvalue weighted by atomic mass is 28.2. The standard InChI is InChI=1S/C18H24OSi/c1-17(2,3)18(14-19-20,15-10-6-4-7-11-15)16-12-8-5-9-13-16/h4-13H,14H2,1-3,20H3. The van der Waals surface area contributed by atoms with Crippen LogP contribution in [0.3, 0.4) is 0 Å². The Morgan fingerprint density at radius 3 is 1.50 bits per heavy atom. The molecule has 0 saturated heterocycles. The molecule has 2 aromatic carbocycles. The molecule has 0 unspecified atom stereocenters. The van der Waals surface area contributed by atoms with Crippen molar-refractivity contribution in [2.45, 2.75) is 26.2 Å². The highest BCUT2D eigenvalue weighted by Crippen LogP contribution is 2.46. The van der Waals surface area contributed by atoms with E-state index in [2.05, 4.69) is 81.4 Å². The third kappa shape index (κ3) is 2.58. The molecule has 0 saturated carbocycles. The minimum absolute atomic E-state index is 0.0696. The summed E-state index contributed by atoms with van der Waals surface area (Å²) in [4.78, 5) is 0. The van der Waals surface area contributed by atoms with Gasteiger partial charge in [0.05, 0.1) is 0 Å². The van der Waals surface area contributed by atoms with Crippen molar-refractivity contribution in [3.8, 4) is 0 Å². The molecule has 0 aliphatic carbocycles. The van der Waals surface area contributed by atoms with Crippen LogP contribution in [0.4, 0.5) is 0 Å². The van der Waals surface area contributed by atoms with Gasteiger partial charge in [-0.25, -0.2) is 0 Å². The maximum Gasteiger partial charge on any atom is 0.146 e. The van der Waals surface area contributed by atoms with Gasteiger partial charge >= 0.3 is 0 Å². The van der Waals surface area contributed by atoms with Crippen molar-refractivity contribution < 1.29 is 4.43 Å². The molecule has 2 rings (SSSR count). The van der Waals surface area contributed by atoms with E-state index in [1.54, 1.807) is 0 Å². The molecule has 0 aliphatic heterocycles. The van der Waals surface area contributed by atoms with Gasteiger partial charge in [0, 0.05) is 12.0 Å². The van der Waals surface area contributed by atoms with Gasteiger partial charge in [0.15, 0.2) is 0 Å². The minimum Gasteiger partial charge on any atom is -0.427 e. The largest absolute Gasteiger partial charge is 0.427 e. The van der Waals surface area contributed by atoms with Gasteiger partial charge in [0.25, 0.3) is 0 Å². The van der Waals surface area contributed by atoms with Crippen molar-refractivity contribution in [3.63, 3.8) is 0 Å². The molecule has 0 amide bonds. The summed E-state index contributed by atoms with van der Waals surface area (Å²) < 4.78 is 5.78. The van der Waals surface area contributed by atoms with E-state index >= 15 is 0 Å². The molecule has 2 heteroatoms. The Morgan fingerprint density at radius 2 is 1.20 bits per heavy atom. The van der Waals surface area contributed by atoms with E-state index in [0.29, 0.717) is 0 Å². The van der Waals surface area contributed by atoms with E-state index in [1.807, 2.05) is 0 Å². The van der Waals surface area contributed by atoms with Gasteiger partial charge in [0.2, 0.25) is 0 Å². The first kappa shape index (κ1) is 15.0. The second kappa shape index (κ2) is 5.94. The summed E-state index contributed by atoms with van der Waals surface area (Å²) in [6.45, 7) is 7.63. The summed E-state index contributed by atoms with van der Waals surface area (Å²) in [7, 11) is 0.756. The SMILES string of the molecule is CC(C)(C)C(CO[SiH3])(c1ccccc1)c1ccccc1. The van der Waals surface area contributed by atoms with Crippen LogP contribution < -0.4 is 0 Å². The lowest BCUT2D eigenvalue weighted by molar-refractivity contribution is 0.144. The monoisotopic (exact) mass is 284 g/mol. The van der Waals surface area contributed by atoms with E-state index < -0.39 is 0 Å². The topological polar surface area (TPSA) is 9.23 Å². The van der Waals surface area contributed by atoms with Crippen molar-refractivity contribution in [2.75, 3.05) is 6.61 Å². The van der Waals surface area contributed by atoms with Gasteiger partial charge in [-0.05, 0) is 16.5 Å². The second-order valence-corrected chi connectivity index (χ2v) is 6.90. The van der Waals surface area contributed by atoms with Crippen LogP contribution in [0.1, 0.15) is 31.9 Å². The zero-order chi connectivity index (χ0) is 14.6. The third-order valence-corrected chi connectivity index (χ3v) is 4.46. The van der Waals surface area contributed by atoms with Crippen LogP contribution in [0.25, 0.3) is 0 Å². The maximum atomic E-state index is 5.78. The van der Waals surface area contributed by atoms with E-state index in [-0.39, 0.29) is 10.8 Å². The van der Waals surface area contributed by atoms with Crippen molar-refractivity contribution in [1.29, 1.82) is 0 Å². The average Bonchev–Trinajstić information content (AvgIpc) is 2.45. The van der Waals surface area contributed by atoms with Gasteiger partial charge in [-0.1, -0.05) is 81.4 Å². The normalized spacial score (nSPS) is 12.6. The Morgan fingerprint density at radius 1 is 0.800 bits per heavy atom. The predicted octanol–water partition coefficient (Wildman–Crippen LogP) is 3.32. The van der Waals surface area contributed by atoms with Crippen LogP contribution in [0, 0.1) is 5.41 Å². The first-order valence-corrected chi connectivity index (χ1v) is 7.94. The van der Waals surface area contributed by atoms with Gasteiger partial charge < -0.3 is 4.43 Å². The molecule has 0 N–H and O–H groups in total. The Kier molecular flexibility index (Phi) is 4.46. The highest BCUT2D eigenvalue weighted by Gasteiger charge is 2.44. The molecule has 0 fully saturated rings. The van der Waals surface area contributed by atoms with Crippen molar-refractivity contribution >= 4 is 10.5 Å². The van der Waals surface area contributed by atoms with Gasteiger partial charge in [0.1, 0.15) is 10.5 Å². The fourth-order valence-corrected chi connectivity index (χ4v) is 3.51. The van der Waals surface area contributed by atoms with Gasteiger partial charge in [-0.3, -0.25) is 0 Å². The summed E-state index contributed by atoms with van der Waals surface area (Å²) in [6.07, 6.45) is 0. The quantitative estimate of drug-likeness (QED) is 0.783. The molecule has 0 spiro atoms. The molecular formula is C18H24OSi. The molecule has 106 valence electrons. The smallest absolute Gasteiger partial charge is 0.146 e. The molecular weight excluding hydrogens is 260 g/mol. The highest BCUT2D eigenvalue weighted by molar-refractivity contribution is 5.98. The van der Waals surface area contributed by atoms with E-state index in [1.165, 1.54) is 11.1 Å². The molecule has 0 heterocycles. The van der Waals surface area contributed by atoms with Gasteiger partial charge in [-0.15, -0.1) is 0 Å². The Balaban J connectivity index is 2.70. The number of hydrogen-bond acceptors (Lipinski definition) is 1. The minimum atomic E-state index is -0.114. The number of rotatable bonds is 4. The Hall–Kier alpha value is -1.38. The fraction of sp³-hybridized carbons (Fsp3) is 0.333.